The number of pyridine rings is 1. The largest absolute Gasteiger partial charge is 0.327 e. The van der Waals surface area contributed by atoms with Crippen LogP contribution < -0.4 is 5.73 Å². The second kappa shape index (κ2) is 5.00. The smallest absolute Gasteiger partial charge is 0.0482 e. The first-order valence-corrected chi connectivity index (χ1v) is 7.49. The molecule has 2 aliphatic rings. The van der Waals surface area contributed by atoms with Crippen molar-refractivity contribution in [3.05, 3.63) is 29.6 Å². The molecule has 4 unspecified atom stereocenters. The van der Waals surface area contributed by atoms with Crippen LogP contribution in [0.5, 0.6) is 0 Å². The van der Waals surface area contributed by atoms with Gasteiger partial charge in [-0.05, 0) is 49.1 Å². The second-order valence-corrected chi connectivity index (χ2v) is 6.12. The molecule has 1 aromatic rings. The Bertz CT molecular complexity index is 415. The summed E-state index contributed by atoms with van der Waals surface area (Å²) in [6, 6.07) is 4.60. The molecule has 2 aliphatic carbocycles. The third-order valence-corrected chi connectivity index (χ3v) is 5.17. The highest BCUT2D eigenvalue weighted by molar-refractivity contribution is 5.30. The van der Waals surface area contributed by atoms with E-state index < -0.39 is 0 Å². The SMILES string of the molecule is CCC1CCC(C(N)C2CCc3cccnc32)C1. The van der Waals surface area contributed by atoms with Gasteiger partial charge in [0.15, 0.2) is 0 Å². The minimum atomic E-state index is 0.331. The topological polar surface area (TPSA) is 38.9 Å². The van der Waals surface area contributed by atoms with E-state index in [1.54, 1.807) is 0 Å². The highest BCUT2D eigenvalue weighted by Gasteiger charge is 2.36. The van der Waals surface area contributed by atoms with E-state index in [9.17, 15) is 0 Å². The molecular formula is C16H24N2. The number of hydrogen-bond donors (Lipinski definition) is 1. The third-order valence-electron chi connectivity index (χ3n) is 5.17. The van der Waals surface area contributed by atoms with Crippen LogP contribution in [0, 0.1) is 11.8 Å². The van der Waals surface area contributed by atoms with Crippen LogP contribution in [0.25, 0.3) is 0 Å². The van der Waals surface area contributed by atoms with Crippen molar-refractivity contribution >= 4 is 0 Å². The summed E-state index contributed by atoms with van der Waals surface area (Å²) >= 11 is 0. The van der Waals surface area contributed by atoms with E-state index in [4.69, 9.17) is 5.73 Å². The van der Waals surface area contributed by atoms with Gasteiger partial charge in [-0.25, -0.2) is 0 Å². The lowest BCUT2D eigenvalue weighted by Crippen LogP contribution is -2.34. The molecular weight excluding hydrogens is 220 g/mol. The van der Waals surface area contributed by atoms with Crippen LogP contribution in [0.3, 0.4) is 0 Å². The van der Waals surface area contributed by atoms with Gasteiger partial charge in [0.05, 0.1) is 0 Å². The summed E-state index contributed by atoms with van der Waals surface area (Å²) in [6.45, 7) is 2.31. The van der Waals surface area contributed by atoms with E-state index in [-0.39, 0.29) is 0 Å². The maximum Gasteiger partial charge on any atom is 0.0482 e. The maximum atomic E-state index is 6.58. The van der Waals surface area contributed by atoms with Crippen LogP contribution in [-0.2, 0) is 6.42 Å². The normalized spacial score (nSPS) is 32.4. The molecule has 0 radical (unpaired) electrons. The van der Waals surface area contributed by atoms with E-state index in [0.717, 1.165) is 11.8 Å². The Morgan fingerprint density at radius 3 is 3.06 bits per heavy atom. The van der Waals surface area contributed by atoms with Gasteiger partial charge >= 0.3 is 0 Å². The van der Waals surface area contributed by atoms with Gasteiger partial charge in [-0.1, -0.05) is 25.8 Å². The minimum Gasteiger partial charge on any atom is -0.327 e. The average molecular weight is 244 g/mol. The lowest BCUT2D eigenvalue weighted by Gasteiger charge is -2.25. The molecule has 2 nitrogen and oxygen atoms in total. The van der Waals surface area contributed by atoms with Crippen molar-refractivity contribution in [1.82, 2.24) is 4.98 Å². The number of aryl methyl sites for hydroxylation is 1. The Morgan fingerprint density at radius 2 is 2.28 bits per heavy atom. The van der Waals surface area contributed by atoms with E-state index in [1.165, 1.54) is 49.8 Å². The highest BCUT2D eigenvalue weighted by Crippen LogP contribution is 2.42. The van der Waals surface area contributed by atoms with Gasteiger partial charge < -0.3 is 5.73 Å². The predicted molar refractivity (Wildman–Crippen MR) is 74.4 cm³/mol. The van der Waals surface area contributed by atoms with Crippen molar-refractivity contribution in [3.8, 4) is 0 Å². The van der Waals surface area contributed by atoms with Gasteiger partial charge in [-0.2, -0.15) is 0 Å². The monoisotopic (exact) mass is 244 g/mol. The molecule has 0 aliphatic heterocycles. The van der Waals surface area contributed by atoms with Gasteiger partial charge in [0, 0.05) is 23.9 Å². The molecule has 0 aromatic carbocycles. The van der Waals surface area contributed by atoms with Gasteiger partial charge in [0.1, 0.15) is 0 Å². The van der Waals surface area contributed by atoms with E-state index in [1.807, 2.05) is 6.20 Å². The van der Waals surface area contributed by atoms with Crippen molar-refractivity contribution in [2.45, 2.75) is 57.4 Å². The summed E-state index contributed by atoms with van der Waals surface area (Å²) in [5.74, 6) is 2.17. The Morgan fingerprint density at radius 1 is 1.39 bits per heavy atom. The summed E-state index contributed by atoms with van der Waals surface area (Å²) in [5, 5.41) is 0. The molecule has 1 aromatic heterocycles. The summed E-state index contributed by atoms with van der Waals surface area (Å²) in [6.07, 6.45) is 9.69. The Kier molecular flexibility index (Phi) is 3.38. The second-order valence-electron chi connectivity index (χ2n) is 6.12. The molecule has 1 heterocycles. The predicted octanol–water partition coefficient (Wildman–Crippen LogP) is 3.27. The van der Waals surface area contributed by atoms with Gasteiger partial charge in [0.25, 0.3) is 0 Å². The van der Waals surface area contributed by atoms with Crippen molar-refractivity contribution in [2.24, 2.45) is 17.6 Å². The fourth-order valence-corrected chi connectivity index (χ4v) is 3.98. The molecule has 0 bridgehead atoms. The van der Waals surface area contributed by atoms with Gasteiger partial charge in [-0.15, -0.1) is 0 Å². The molecule has 3 rings (SSSR count). The molecule has 0 amide bonds. The van der Waals surface area contributed by atoms with Gasteiger partial charge in [-0.3, -0.25) is 4.98 Å². The summed E-state index contributed by atoms with van der Waals surface area (Å²) < 4.78 is 0. The fourth-order valence-electron chi connectivity index (χ4n) is 3.98. The zero-order valence-corrected chi connectivity index (χ0v) is 11.3. The first-order chi connectivity index (χ1) is 8.79. The lowest BCUT2D eigenvalue weighted by molar-refractivity contribution is 0.354. The van der Waals surface area contributed by atoms with Crippen LogP contribution in [-0.4, -0.2) is 11.0 Å². The molecule has 2 N–H and O–H groups in total. The van der Waals surface area contributed by atoms with Crippen molar-refractivity contribution < 1.29 is 0 Å². The molecule has 2 heteroatoms. The zero-order chi connectivity index (χ0) is 12.5. The number of rotatable bonds is 3. The first-order valence-electron chi connectivity index (χ1n) is 7.49. The van der Waals surface area contributed by atoms with Crippen LogP contribution in [0.2, 0.25) is 0 Å². The molecule has 1 saturated carbocycles. The number of nitrogens with zero attached hydrogens (tertiary/aromatic N) is 1. The Labute approximate surface area is 110 Å². The fraction of sp³-hybridized carbons (Fsp3) is 0.688. The van der Waals surface area contributed by atoms with Gasteiger partial charge in [0.2, 0.25) is 0 Å². The molecule has 0 saturated heterocycles. The Hall–Kier alpha value is -0.890. The highest BCUT2D eigenvalue weighted by atomic mass is 14.8. The Balaban J connectivity index is 1.73. The maximum absolute atomic E-state index is 6.58. The molecule has 18 heavy (non-hydrogen) atoms. The van der Waals surface area contributed by atoms with Crippen LogP contribution in [0.15, 0.2) is 18.3 Å². The number of nitrogens with two attached hydrogens (primary N) is 1. The number of fused-ring (bicyclic) bond motifs is 1. The molecule has 0 spiro atoms. The van der Waals surface area contributed by atoms with E-state index in [0.29, 0.717) is 12.0 Å². The lowest BCUT2D eigenvalue weighted by atomic mass is 9.85. The van der Waals surface area contributed by atoms with E-state index in [2.05, 4.69) is 24.0 Å². The van der Waals surface area contributed by atoms with Crippen LogP contribution >= 0.6 is 0 Å². The third kappa shape index (κ3) is 2.07. The van der Waals surface area contributed by atoms with Crippen molar-refractivity contribution in [3.63, 3.8) is 0 Å². The molecule has 4 atom stereocenters. The minimum absolute atomic E-state index is 0.331. The number of hydrogen-bond acceptors (Lipinski definition) is 2. The van der Waals surface area contributed by atoms with Crippen molar-refractivity contribution in [2.75, 3.05) is 0 Å². The summed E-state index contributed by atoms with van der Waals surface area (Å²) in [7, 11) is 0. The molecule has 98 valence electrons. The first kappa shape index (κ1) is 12.2. The standard InChI is InChI=1S/C16H24N2/c1-2-11-5-6-13(10-11)15(17)14-8-7-12-4-3-9-18-16(12)14/h3-4,9,11,13-15H,2,5-8,10,17H2,1H3. The van der Waals surface area contributed by atoms with Crippen LogP contribution in [0.1, 0.15) is 56.2 Å². The summed E-state index contributed by atoms with van der Waals surface area (Å²) in [4.78, 5) is 4.59. The number of aromatic nitrogens is 1. The molecule has 1 fully saturated rings. The van der Waals surface area contributed by atoms with Crippen LogP contribution in [0.4, 0.5) is 0 Å². The summed E-state index contributed by atoms with van der Waals surface area (Å²) in [5.41, 5.74) is 9.31. The van der Waals surface area contributed by atoms with E-state index >= 15 is 0 Å². The van der Waals surface area contributed by atoms with Crippen molar-refractivity contribution in [1.29, 1.82) is 0 Å². The average Bonchev–Trinajstić information content (AvgIpc) is 3.04. The quantitative estimate of drug-likeness (QED) is 0.886. The zero-order valence-electron chi connectivity index (χ0n) is 11.3.